The Morgan fingerprint density at radius 2 is 0.853 bits per heavy atom. The van der Waals surface area contributed by atoms with Crippen molar-refractivity contribution < 1.29 is 45.1 Å². The van der Waals surface area contributed by atoms with Gasteiger partial charge in [-0.2, -0.15) is 16.8 Å². The molecule has 4 amide bonds. The second-order valence-corrected chi connectivity index (χ2v) is 9.84. The third-order valence-corrected chi connectivity index (χ3v) is 6.34. The zero-order chi connectivity index (χ0) is 26.2. The lowest BCUT2D eigenvalue weighted by Gasteiger charge is -2.21. The van der Waals surface area contributed by atoms with E-state index >= 15 is 0 Å². The standard InChI is InChI=1S/C20H20N2O10S2/c1-11(23)21(12(2)24)15-5-7-17(19(9-15)33(27,28)29)18-8-6-16(10-20(18)34(30,31)32)22(13(3)25)14(4)26/h5-10H,1-4H3,(H,27,28,29)(H,30,31,32). The van der Waals surface area contributed by atoms with Crippen LogP contribution in [0.3, 0.4) is 0 Å². The first-order valence-corrected chi connectivity index (χ1v) is 12.2. The van der Waals surface area contributed by atoms with Crippen molar-refractivity contribution in [1.82, 2.24) is 0 Å². The Kier molecular flexibility index (Phi) is 7.42. The number of amides is 4. The highest BCUT2D eigenvalue weighted by Crippen LogP contribution is 2.37. The van der Waals surface area contributed by atoms with Crippen LogP contribution in [0.25, 0.3) is 11.1 Å². The fraction of sp³-hybridized carbons (Fsp3) is 0.200. The van der Waals surface area contributed by atoms with E-state index in [0.29, 0.717) is 9.80 Å². The molecular weight excluding hydrogens is 492 g/mol. The van der Waals surface area contributed by atoms with Crippen LogP contribution in [0, 0.1) is 0 Å². The van der Waals surface area contributed by atoms with E-state index in [0.717, 1.165) is 64.1 Å². The van der Waals surface area contributed by atoms with E-state index in [1.807, 2.05) is 0 Å². The number of hydrogen-bond donors (Lipinski definition) is 2. The SMILES string of the molecule is CC(=O)N(C(C)=O)c1ccc(-c2ccc(N(C(C)=O)C(C)=O)cc2S(=O)(=O)O)c(S(=O)(=O)O)c1. The van der Waals surface area contributed by atoms with Gasteiger partial charge in [0, 0.05) is 38.8 Å². The molecule has 0 fully saturated rings. The fourth-order valence-corrected chi connectivity index (χ4v) is 4.79. The summed E-state index contributed by atoms with van der Waals surface area (Å²) < 4.78 is 68.0. The molecule has 0 heterocycles. The van der Waals surface area contributed by atoms with Gasteiger partial charge in [0.15, 0.2) is 0 Å². The Morgan fingerprint density at radius 3 is 1.06 bits per heavy atom. The van der Waals surface area contributed by atoms with Crippen molar-refractivity contribution in [1.29, 1.82) is 0 Å². The largest absolute Gasteiger partial charge is 0.295 e. The highest BCUT2D eigenvalue weighted by molar-refractivity contribution is 7.86. The van der Waals surface area contributed by atoms with Crippen molar-refractivity contribution in [2.45, 2.75) is 37.5 Å². The maximum absolute atomic E-state index is 12.1. The summed E-state index contributed by atoms with van der Waals surface area (Å²) in [6, 6.07) is 5.88. The van der Waals surface area contributed by atoms with Gasteiger partial charge in [0.05, 0.1) is 11.4 Å². The topological polar surface area (TPSA) is 183 Å². The molecule has 182 valence electrons. The maximum atomic E-state index is 12.1. The van der Waals surface area contributed by atoms with Crippen LogP contribution in [0.15, 0.2) is 46.2 Å². The summed E-state index contributed by atoms with van der Waals surface area (Å²) in [6.45, 7) is 4.20. The second kappa shape index (κ2) is 9.42. The molecule has 2 rings (SSSR count). The molecule has 0 aromatic heterocycles. The Balaban J connectivity index is 2.92. The quantitative estimate of drug-likeness (QED) is 0.558. The van der Waals surface area contributed by atoms with Crippen LogP contribution >= 0.6 is 0 Å². The molecule has 0 unspecified atom stereocenters. The van der Waals surface area contributed by atoms with Crippen molar-refractivity contribution in [3.05, 3.63) is 36.4 Å². The highest BCUT2D eigenvalue weighted by Gasteiger charge is 2.28. The average molecular weight is 513 g/mol. The minimum atomic E-state index is -5.05. The fourth-order valence-electron chi connectivity index (χ4n) is 3.34. The van der Waals surface area contributed by atoms with E-state index < -0.39 is 64.8 Å². The lowest BCUT2D eigenvalue weighted by atomic mass is 10.0. The molecule has 0 radical (unpaired) electrons. The molecule has 2 aromatic rings. The molecule has 0 atom stereocenters. The van der Waals surface area contributed by atoms with E-state index in [4.69, 9.17) is 0 Å². The second-order valence-electron chi connectivity index (χ2n) is 7.06. The summed E-state index contributed by atoms with van der Waals surface area (Å²) in [6.07, 6.45) is 0. The van der Waals surface area contributed by atoms with Crippen LogP contribution in [0.1, 0.15) is 27.7 Å². The van der Waals surface area contributed by atoms with Gasteiger partial charge in [0.2, 0.25) is 23.6 Å². The van der Waals surface area contributed by atoms with Crippen LogP contribution in [-0.4, -0.2) is 49.6 Å². The number of rotatable bonds is 5. The molecule has 0 aliphatic carbocycles. The molecule has 0 aliphatic rings. The summed E-state index contributed by atoms with van der Waals surface area (Å²) in [5.41, 5.74) is -1.26. The smallest absolute Gasteiger partial charge is 0.282 e. The molecule has 0 saturated heterocycles. The Morgan fingerprint density at radius 1 is 0.588 bits per heavy atom. The monoisotopic (exact) mass is 512 g/mol. The number of imide groups is 2. The Labute approximate surface area is 195 Å². The van der Waals surface area contributed by atoms with E-state index in [2.05, 4.69) is 0 Å². The van der Waals surface area contributed by atoms with Crippen LogP contribution < -0.4 is 9.80 Å². The first-order valence-electron chi connectivity index (χ1n) is 9.32. The number of carbonyl (C=O) groups is 4. The van der Waals surface area contributed by atoms with Crippen molar-refractivity contribution in [2.24, 2.45) is 0 Å². The van der Waals surface area contributed by atoms with Crippen molar-refractivity contribution in [2.75, 3.05) is 9.80 Å². The first kappa shape index (κ1) is 26.8. The van der Waals surface area contributed by atoms with Crippen molar-refractivity contribution in [3.8, 4) is 11.1 Å². The van der Waals surface area contributed by atoms with Crippen LogP contribution in [0.2, 0.25) is 0 Å². The summed E-state index contributed by atoms with van der Waals surface area (Å²) in [7, 11) is -10.1. The van der Waals surface area contributed by atoms with Gasteiger partial charge in [0.1, 0.15) is 9.79 Å². The normalized spacial score (nSPS) is 11.6. The third kappa shape index (κ3) is 5.53. The van der Waals surface area contributed by atoms with Crippen LogP contribution in [0.5, 0.6) is 0 Å². The van der Waals surface area contributed by atoms with Gasteiger partial charge in [-0.1, -0.05) is 12.1 Å². The highest BCUT2D eigenvalue weighted by atomic mass is 32.2. The number of hydrogen-bond acceptors (Lipinski definition) is 8. The number of benzene rings is 2. The first-order chi connectivity index (χ1) is 15.5. The third-order valence-electron chi connectivity index (χ3n) is 4.55. The predicted molar refractivity (Wildman–Crippen MR) is 119 cm³/mol. The van der Waals surface area contributed by atoms with Gasteiger partial charge in [-0.25, -0.2) is 0 Å². The lowest BCUT2D eigenvalue weighted by molar-refractivity contribution is -0.125. The molecule has 0 aliphatic heterocycles. The maximum Gasteiger partial charge on any atom is 0.295 e. The van der Waals surface area contributed by atoms with Gasteiger partial charge < -0.3 is 0 Å². The number of anilines is 2. The molecule has 0 bridgehead atoms. The average Bonchev–Trinajstić information content (AvgIpc) is 2.65. The zero-order valence-electron chi connectivity index (χ0n) is 18.3. The van der Waals surface area contributed by atoms with Gasteiger partial charge >= 0.3 is 0 Å². The van der Waals surface area contributed by atoms with Gasteiger partial charge in [0.25, 0.3) is 20.2 Å². The molecule has 34 heavy (non-hydrogen) atoms. The Bertz CT molecular complexity index is 1290. The minimum Gasteiger partial charge on any atom is -0.282 e. The van der Waals surface area contributed by atoms with Gasteiger partial charge in [-0.15, -0.1) is 0 Å². The van der Waals surface area contributed by atoms with E-state index in [-0.39, 0.29) is 11.4 Å². The zero-order valence-corrected chi connectivity index (χ0v) is 20.0. The molecule has 2 aromatic carbocycles. The molecule has 2 N–H and O–H groups in total. The minimum absolute atomic E-state index is 0.222. The number of nitrogens with zero attached hydrogens (tertiary/aromatic N) is 2. The summed E-state index contributed by atoms with van der Waals surface area (Å²) in [4.78, 5) is 46.8. The summed E-state index contributed by atoms with van der Waals surface area (Å²) in [5, 5.41) is 0. The molecule has 12 nitrogen and oxygen atoms in total. The van der Waals surface area contributed by atoms with Gasteiger partial charge in [-0.3, -0.25) is 38.1 Å². The van der Waals surface area contributed by atoms with Crippen LogP contribution in [-0.2, 0) is 39.4 Å². The molecule has 0 saturated carbocycles. The summed E-state index contributed by atoms with van der Waals surface area (Å²) >= 11 is 0. The van der Waals surface area contributed by atoms with E-state index in [1.165, 1.54) is 0 Å². The van der Waals surface area contributed by atoms with Crippen molar-refractivity contribution >= 4 is 55.2 Å². The number of carbonyl (C=O) groups excluding carboxylic acids is 4. The summed E-state index contributed by atoms with van der Waals surface area (Å²) in [5.74, 6) is -3.01. The van der Waals surface area contributed by atoms with E-state index in [1.54, 1.807) is 0 Å². The predicted octanol–water partition coefficient (Wildman–Crippen LogP) is 1.65. The lowest BCUT2D eigenvalue weighted by Crippen LogP contribution is -2.33. The molecule has 0 spiro atoms. The van der Waals surface area contributed by atoms with Crippen molar-refractivity contribution in [3.63, 3.8) is 0 Å². The van der Waals surface area contributed by atoms with E-state index in [9.17, 15) is 45.1 Å². The Hall–Kier alpha value is -3.46. The van der Waals surface area contributed by atoms with Gasteiger partial charge in [-0.05, 0) is 24.3 Å². The molecule has 14 heteroatoms. The van der Waals surface area contributed by atoms with Crippen LogP contribution in [0.4, 0.5) is 11.4 Å². The molecular formula is C20H20N2O10S2.